The van der Waals surface area contributed by atoms with Gasteiger partial charge in [-0.15, -0.1) is 0 Å². The van der Waals surface area contributed by atoms with Crippen LogP contribution in [0.4, 0.5) is 0 Å². The van der Waals surface area contributed by atoms with Crippen LogP contribution in [0.1, 0.15) is 239 Å². The van der Waals surface area contributed by atoms with Crippen LogP contribution >= 0.6 is 0 Å². The van der Waals surface area contributed by atoms with E-state index in [4.69, 9.17) is 0 Å². The van der Waals surface area contributed by atoms with Gasteiger partial charge in [0.05, 0.1) is 0 Å². The van der Waals surface area contributed by atoms with Gasteiger partial charge >= 0.3 is 29.6 Å². The Labute approximate surface area is 295 Å². The molecule has 0 aliphatic rings. The van der Waals surface area contributed by atoms with E-state index in [0.29, 0.717) is 0 Å². The Hall–Kier alpha value is 0.210. The van der Waals surface area contributed by atoms with Crippen molar-refractivity contribution in [1.82, 2.24) is 0 Å². The monoisotopic (exact) mass is 615 g/mol. The maximum Gasteiger partial charge on any atom is 1.00 e. The van der Waals surface area contributed by atoms with E-state index in [1.54, 1.807) is 0 Å². The number of carboxylic acids is 1. The molecule has 2 nitrogen and oxygen atoms in total. The number of hydrogen-bond donors (Lipinski definition) is 0. The van der Waals surface area contributed by atoms with Crippen LogP contribution in [-0.4, -0.2) is 5.97 Å². The molecule has 0 amide bonds. The van der Waals surface area contributed by atoms with E-state index in [0.717, 1.165) is 19.3 Å². The summed E-state index contributed by atoms with van der Waals surface area (Å²) < 4.78 is 0. The minimum absolute atomic E-state index is 0. The maximum atomic E-state index is 10.2. The number of hydrogen-bond acceptors (Lipinski definition) is 2. The van der Waals surface area contributed by atoms with Gasteiger partial charge in [0.15, 0.2) is 0 Å². The summed E-state index contributed by atoms with van der Waals surface area (Å²) >= 11 is 0. The Morgan fingerprint density at radius 2 is 0.581 bits per heavy atom. The zero-order valence-electron chi connectivity index (χ0n) is 30.5. The van der Waals surface area contributed by atoms with Crippen LogP contribution in [0, 0.1) is 0 Å². The molecule has 0 radical (unpaired) electrons. The summed E-state index contributed by atoms with van der Waals surface area (Å²) in [7, 11) is 0. The predicted octanol–water partition coefficient (Wildman–Crippen LogP) is 10.6. The van der Waals surface area contributed by atoms with Crippen molar-refractivity contribution in [3.63, 3.8) is 0 Å². The van der Waals surface area contributed by atoms with E-state index in [-0.39, 0.29) is 36.0 Å². The fourth-order valence-electron chi connectivity index (χ4n) is 5.67. The Bertz CT molecular complexity index is 485. The molecule has 0 aliphatic carbocycles. The summed E-state index contributed by atoms with van der Waals surface area (Å²) in [6, 6.07) is 0. The standard InChI is InChI=1S/C22H46.C18H34O2.Na/c1-3-5-7-9-11-13-15-17-19-21-22-20-18-16-14-12-10-8-6-4-2;1-2-3-4-5-6-7-8-9-10-11-12-13-14-15-16-17-18(19)20;/h3-22H2,1-2H3;9-10H,2-8,11-17H2,1H3,(H,19,20);/q;;+1/p-1/b;10-9-;. The molecule has 0 atom stereocenters. The number of rotatable bonds is 34. The molecule has 0 saturated heterocycles. The Balaban J connectivity index is -0.000000730. The molecule has 0 aliphatic heterocycles. The van der Waals surface area contributed by atoms with E-state index < -0.39 is 5.97 Å². The van der Waals surface area contributed by atoms with Gasteiger partial charge in [0.2, 0.25) is 0 Å². The van der Waals surface area contributed by atoms with Gasteiger partial charge in [-0.2, -0.15) is 0 Å². The van der Waals surface area contributed by atoms with Crippen LogP contribution in [0.2, 0.25) is 0 Å². The molecule has 0 fully saturated rings. The van der Waals surface area contributed by atoms with Crippen molar-refractivity contribution < 1.29 is 39.5 Å². The summed E-state index contributed by atoms with van der Waals surface area (Å²) in [4.78, 5) is 10.2. The summed E-state index contributed by atoms with van der Waals surface area (Å²) in [6.07, 6.45) is 50.3. The van der Waals surface area contributed by atoms with Crippen molar-refractivity contribution >= 4 is 5.97 Å². The van der Waals surface area contributed by atoms with Crippen molar-refractivity contribution in [3.8, 4) is 0 Å². The molecule has 0 aromatic rings. The van der Waals surface area contributed by atoms with Crippen molar-refractivity contribution in [2.75, 3.05) is 0 Å². The number of unbranched alkanes of at least 4 members (excludes halogenated alkanes) is 30. The molecule has 0 saturated carbocycles. The van der Waals surface area contributed by atoms with Gasteiger partial charge in [-0.3, -0.25) is 0 Å². The van der Waals surface area contributed by atoms with Crippen LogP contribution < -0.4 is 34.7 Å². The maximum absolute atomic E-state index is 10.2. The smallest absolute Gasteiger partial charge is 0.550 e. The molecule has 0 bridgehead atoms. The fraction of sp³-hybridized carbons (Fsp3) is 0.925. The van der Waals surface area contributed by atoms with Crippen molar-refractivity contribution in [2.45, 2.75) is 239 Å². The average Bonchev–Trinajstić information content (AvgIpc) is 2.98. The van der Waals surface area contributed by atoms with Crippen molar-refractivity contribution in [2.24, 2.45) is 0 Å². The van der Waals surface area contributed by atoms with Crippen LogP contribution in [0.5, 0.6) is 0 Å². The second-order valence-electron chi connectivity index (χ2n) is 13.1. The van der Waals surface area contributed by atoms with E-state index in [2.05, 4.69) is 32.9 Å². The molecule has 0 heterocycles. The van der Waals surface area contributed by atoms with Gasteiger partial charge in [-0.05, 0) is 38.5 Å². The van der Waals surface area contributed by atoms with Gasteiger partial charge in [0.1, 0.15) is 0 Å². The van der Waals surface area contributed by atoms with E-state index >= 15 is 0 Å². The zero-order valence-corrected chi connectivity index (χ0v) is 32.5. The third-order valence-electron chi connectivity index (χ3n) is 8.60. The predicted molar refractivity (Wildman–Crippen MR) is 188 cm³/mol. The van der Waals surface area contributed by atoms with Gasteiger partial charge in [-0.25, -0.2) is 0 Å². The third-order valence-corrected chi connectivity index (χ3v) is 8.60. The van der Waals surface area contributed by atoms with Crippen LogP contribution in [0.25, 0.3) is 0 Å². The summed E-state index contributed by atoms with van der Waals surface area (Å²) in [5, 5.41) is 10.2. The molecule has 0 aromatic heterocycles. The molecule has 0 aromatic carbocycles. The number of carbonyl (C=O) groups excluding carboxylic acids is 1. The molecular formula is C40H79NaO2. The first-order valence-corrected chi connectivity index (χ1v) is 19.5. The van der Waals surface area contributed by atoms with E-state index in [9.17, 15) is 9.90 Å². The van der Waals surface area contributed by atoms with Crippen LogP contribution in [0.15, 0.2) is 12.2 Å². The van der Waals surface area contributed by atoms with Gasteiger partial charge in [0.25, 0.3) is 0 Å². The Kier molecular flexibility index (Phi) is 51.6. The summed E-state index contributed by atoms with van der Waals surface area (Å²) in [6.45, 7) is 6.85. The molecule has 0 spiro atoms. The largest absolute Gasteiger partial charge is 1.00 e. The summed E-state index contributed by atoms with van der Waals surface area (Å²) in [5.74, 6) is -0.914. The minimum atomic E-state index is -0.914. The average molecular weight is 615 g/mol. The van der Waals surface area contributed by atoms with Crippen molar-refractivity contribution in [1.29, 1.82) is 0 Å². The number of carbonyl (C=O) groups is 1. The van der Waals surface area contributed by atoms with Gasteiger partial charge in [0, 0.05) is 5.97 Å². The van der Waals surface area contributed by atoms with Crippen LogP contribution in [0.3, 0.4) is 0 Å². The fourth-order valence-corrected chi connectivity index (χ4v) is 5.67. The molecule has 3 heteroatoms. The van der Waals surface area contributed by atoms with Crippen LogP contribution in [-0.2, 0) is 4.79 Å². The van der Waals surface area contributed by atoms with Gasteiger partial charge in [-0.1, -0.05) is 213 Å². The first-order valence-electron chi connectivity index (χ1n) is 19.5. The first kappa shape index (κ1) is 47.6. The minimum Gasteiger partial charge on any atom is -0.550 e. The van der Waals surface area contributed by atoms with Crippen molar-refractivity contribution in [3.05, 3.63) is 12.2 Å². The van der Waals surface area contributed by atoms with Gasteiger partial charge < -0.3 is 9.90 Å². The second-order valence-corrected chi connectivity index (χ2v) is 13.1. The zero-order chi connectivity index (χ0) is 31.0. The second kappa shape index (κ2) is 46.6. The van der Waals surface area contributed by atoms with E-state index in [1.165, 1.54) is 193 Å². The Morgan fingerprint density at radius 3 is 0.814 bits per heavy atom. The van der Waals surface area contributed by atoms with E-state index in [1.807, 2.05) is 0 Å². The SMILES string of the molecule is CCCCCCCC/C=C\CCCCCCCC(=O)[O-].CCCCCCCCCCCCCCCCCCCCCC.[Na+]. The molecule has 43 heavy (non-hydrogen) atoms. The number of aliphatic carboxylic acids is 1. The normalized spacial score (nSPS) is 11.0. The molecule has 0 N–H and O–H groups in total. The third kappa shape index (κ3) is 52.1. The Morgan fingerprint density at radius 1 is 0.372 bits per heavy atom. The molecule has 252 valence electrons. The molecular weight excluding hydrogens is 535 g/mol. The number of carboxylic acid groups (broad SMARTS) is 1. The quantitative estimate of drug-likeness (QED) is 0.0411. The number of allylic oxidation sites excluding steroid dienone is 2. The molecule has 0 unspecified atom stereocenters. The summed E-state index contributed by atoms with van der Waals surface area (Å²) in [5.41, 5.74) is 0. The topological polar surface area (TPSA) is 40.1 Å². The molecule has 0 rings (SSSR count). The first-order chi connectivity index (χ1) is 20.7.